The van der Waals surface area contributed by atoms with Crippen molar-refractivity contribution < 1.29 is 4.79 Å². The smallest absolute Gasteiger partial charge is 0.239 e. The number of nitrogens with one attached hydrogen (secondary N) is 1. The van der Waals surface area contributed by atoms with E-state index in [4.69, 9.17) is 5.73 Å². The Morgan fingerprint density at radius 3 is 2.83 bits per heavy atom. The molecular formula is C14H18N2OS. The van der Waals surface area contributed by atoms with Crippen molar-refractivity contribution in [1.82, 2.24) is 5.32 Å². The first kappa shape index (κ1) is 13.1. The molecule has 3 N–H and O–H groups in total. The molecule has 0 spiro atoms. The Kier molecular flexibility index (Phi) is 3.68. The van der Waals surface area contributed by atoms with Crippen LogP contribution in [0.4, 0.5) is 0 Å². The fourth-order valence-corrected chi connectivity index (χ4v) is 2.76. The zero-order valence-corrected chi connectivity index (χ0v) is 11.5. The lowest BCUT2D eigenvalue weighted by molar-refractivity contribution is -0.125. The first-order valence-corrected chi connectivity index (χ1v) is 6.89. The van der Waals surface area contributed by atoms with E-state index in [2.05, 4.69) is 22.8 Å². The monoisotopic (exact) mass is 262 g/mol. The highest BCUT2D eigenvalue weighted by Crippen LogP contribution is 2.25. The fraction of sp³-hybridized carbons (Fsp3) is 0.357. The SMILES string of the molecule is CC(C)(N)C(=O)NCCc1csc2ccccc12. The first-order chi connectivity index (χ1) is 8.48. The molecule has 2 rings (SSSR count). The maximum absolute atomic E-state index is 11.6. The number of carbonyl (C=O) groups is 1. The predicted octanol–water partition coefficient (Wildman–Crippen LogP) is 2.30. The molecule has 4 heteroatoms. The quantitative estimate of drug-likeness (QED) is 0.888. The van der Waals surface area contributed by atoms with Gasteiger partial charge in [-0.2, -0.15) is 0 Å². The number of nitrogens with two attached hydrogens (primary N) is 1. The van der Waals surface area contributed by atoms with Gasteiger partial charge in [-0.3, -0.25) is 4.79 Å². The van der Waals surface area contributed by atoms with E-state index < -0.39 is 5.54 Å². The van der Waals surface area contributed by atoms with Crippen LogP contribution in [-0.4, -0.2) is 18.0 Å². The van der Waals surface area contributed by atoms with Crippen LogP contribution >= 0.6 is 11.3 Å². The Morgan fingerprint density at radius 2 is 2.11 bits per heavy atom. The van der Waals surface area contributed by atoms with E-state index in [0.29, 0.717) is 6.54 Å². The molecule has 1 amide bonds. The van der Waals surface area contributed by atoms with Crippen LogP contribution in [0, 0.1) is 0 Å². The van der Waals surface area contributed by atoms with Crippen molar-refractivity contribution in [2.75, 3.05) is 6.54 Å². The molecule has 0 atom stereocenters. The van der Waals surface area contributed by atoms with E-state index in [9.17, 15) is 4.79 Å². The van der Waals surface area contributed by atoms with Crippen molar-refractivity contribution in [2.24, 2.45) is 5.73 Å². The second-order valence-corrected chi connectivity index (χ2v) is 5.90. The van der Waals surface area contributed by atoms with Crippen LogP contribution in [0.25, 0.3) is 10.1 Å². The molecule has 3 nitrogen and oxygen atoms in total. The topological polar surface area (TPSA) is 55.1 Å². The zero-order valence-electron chi connectivity index (χ0n) is 10.7. The minimum atomic E-state index is -0.809. The van der Waals surface area contributed by atoms with Gasteiger partial charge in [0.1, 0.15) is 0 Å². The summed E-state index contributed by atoms with van der Waals surface area (Å²) < 4.78 is 1.29. The second kappa shape index (κ2) is 5.08. The molecule has 0 radical (unpaired) electrons. The van der Waals surface area contributed by atoms with Crippen LogP contribution in [0.5, 0.6) is 0 Å². The third kappa shape index (κ3) is 2.89. The van der Waals surface area contributed by atoms with Gasteiger partial charge in [-0.1, -0.05) is 18.2 Å². The maximum atomic E-state index is 11.6. The number of thiophene rings is 1. The van der Waals surface area contributed by atoms with Gasteiger partial charge in [0.05, 0.1) is 5.54 Å². The fourth-order valence-electron chi connectivity index (χ4n) is 1.76. The lowest BCUT2D eigenvalue weighted by Gasteiger charge is -2.17. The zero-order chi connectivity index (χ0) is 13.2. The number of hydrogen-bond donors (Lipinski definition) is 2. The summed E-state index contributed by atoms with van der Waals surface area (Å²) in [6.45, 7) is 4.05. The van der Waals surface area contributed by atoms with Gasteiger partial charge in [0.15, 0.2) is 0 Å². The molecule has 0 fully saturated rings. The second-order valence-electron chi connectivity index (χ2n) is 4.98. The summed E-state index contributed by atoms with van der Waals surface area (Å²) in [5.74, 6) is -0.109. The first-order valence-electron chi connectivity index (χ1n) is 6.01. The standard InChI is InChI=1S/C14H18N2OS/c1-14(2,15)13(17)16-8-7-10-9-18-12-6-4-3-5-11(10)12/h3-6,9H,7-8,15H2,1-2H3,(H,16,17). The molecule has 0 unspecified atom stereocenters. The Hall–Kier alpha value is -1.39. The minimum absolute atomic E-state index is 0.109. The van der Waals surface area contributed by atoms with Crippen molar-refractivity contribution >= 4 is 27.3 Å². The number of amides is 1. The predicted molar refractivity (Wildman–Crippen MR) is 76.8 cm³/mol. The van der Waals surface area contributed by atoms with Gasteiger partial charge in [0.2, 0.25) is 5.91 Å². The molecule has 0 saturated heterocycles. The summed E-state index contributed by atoms with van der Waals surface area (Å²) in [4.78, 5) is 11.6. The van der Waals surface area contributed by atoms with E-state index in [0.717, 1.165) is 6.42 Å². The summed E-state index contributed by atoms with van der Waals surface area (Å²) in [6, 6.07) is 8.32. The van der Waals surface area contributed by atoms with E-state index in [1.807, 2.05) is 12.1 Å². The van der Waals surface area contributed by atoms with Gasteiger partial charge in [-0.05, 0) is 42.7 Å². The molecule has 0 aliphatic rings. The highest BCUT2D eigenvalue weighted by molar-refractivity contribution is 7.17. The van der Waals surface area contributed by atoms with Crippen LogP contribution in [0.1, 0.15) is 19.4 Å². The van der Waals surface area contributed by atoms with Crippen LogP contribution in [-0.2, 0) is 11.2 Å². The maximum Gasteiger partial charge on any atom is 0.239 e. The van der Waals surface area contributed by atoms with Gasteiger partial charge in [-0.15, -0.1) is 11.3 Å². The van der Waals surface area contributed by atoms with Crippen LogP contribution < -0.4 is 11.1 Å². The molecule has 0 aliphatic heterocycles. The van der Waals surface area contributed by atoms with Crippen molar-refractivity contribution in [1.29, 1.82) is 0 Å². The molecule has 1 heterocycles. The van der Waals surface area contributed by atoms with Gasteiger partial charge >= 0.3 is 0 Å². The number of benzene rings is 1. The Morgan fingerprint density at radius 1 is 1.39 bits per heavy atom. The van der Waals surface area contributed by atoms with E-state index in [-0.39, 0.29) is 5.91 Å². The molecule has 0 bridgehead atoms. The summed E-state index contributed by atoms with van der Waals surface area (Å²) in [7, 11) is 0. The molecule has 2 aromatic rings. The van der Waals surface area contributed by atoms with Crippen molar-refractivity contribution in [3.8, 4) is 0 Å². The lowest BCUT2D eigenvalue weighted by Crippen LogP contribution is -2.49. The van der Waals surface area contributed by atoms with Crippen LogP contribution in [0.3, 0.4) is 0 Å². The number of fused-ring (bicyclic) bond motifs is 1. The Bertz CT molecular complexity index is 554. The molecule has 1 aromatic carbocycles. The normalized spacial score (nSPS) is 11.7. The molecule has 96 valence electrons. The van der Waals surface area contributed by atoms with E-state index in [1.165, 1.54) is 15.6 Å². The van der Waals surface area contributed by atoms with E-state index in [1.54, 1.807) is 25.2 Å². The number of carbonyl (C=O) groups excluding carboxylic acids is 1. The average molecular weight is 262 g/mol. The molecule has 18 heavy (non-hydrogen) atoms. The third-order valence-corrected chi connectivity index (χ3v) is 3.84. The third-order valence-electron chi connectivity index (χ3n) is 2.83. The largest absolute Gasteiger partial charge is 0.354 e. The lowest BCUT2D eigenvalue weighted by atomic mass is 10.1. The van der Waals surface area contributed by atoms with Crippen molar-refractivity contribution in [3.63, 3.8) is 0 Å². The summed E-state index contributed by atoms with van der Waals surface area (Å²) >= 11 is 1.74. The molecule has 0 saturated carbocycles. The minimum Gasteiger partial charge on any atom is -0.354 e. The number of hydrogen-bond acceptors (Lipinski definition) is 3. The Balaban J connectivity index is 1.97. The van der Waals surface area contributed by atoms with Gasteiger partial charge in [0.25, 0.3) is 0 Å². The summed E-state index contributed by atoms with van der Waals surface area (Å²) in [5, 5.41) is 6.30. The van der Waals surface area contributed by atoms with Crippen LogP contribution in [0.15, 0.2) is 29.6 Å². The van der Waals surface area contributed by atoms with Gasteiger partial charge in [0, 0.05) is 11.2 Å². The van der Waals surface area contributed by atoms with Crippen molar-refractivity contribution in [2.45, 2.75) is 25.8 Å². The van der Waals surface area contributed by atoms with Crippen molar-refractivity contribution in [3.05, 3.63) is 35.2 Å². The molecule has 1 aromatic heterocycles. The highest BCUT2D eigenvalue weighted by Gasteiger charge is 2.20. The molecule has 0 aliphatic carbocycles. The molecular weight excluding hydrogens is 244 g/mol. The van der Waals surface area contributed by atoms with Gasteiger partial charge < -0.3 is 11.1 Å². The summed E-state index contributed by atoms with van der Waals surface area (Å²) in [5.41, 5.74) is 6.19. The van der Waals surface area contributed by atoms with Crippen LogP contribution in [0.2, 0.25) is 0 Å². The Labute approximate surface area is 111 Å². The van der Waals surface area contributed by atoms with Gasteiger partial charge in [-0.25, -0.2) is 0 Å². The number of rotatable bonds is 4. The average Bonchev–Trinajstić information content (AvgIpc) is 2.71. The highest BCUT2D eigenvalue weighted by atomic mass is 32.1. The summed E-state index contributed by atoms with van der Waals surface area (Å²) in [6.07, 6.45) is 0.839. The van der Waals surface area contributed by atoms with E-state index >= 15 is 0 Å².